The molecule has 1 heteroatoms. The smallest absolute Gasteiger partial charge is 0.00857 e. The molecule has 0 aromatic heterocycles. The molecule has 0 aromatic carbocycles. The minimum atomic E-state index is 0.540. The van der Waals surface area contributed by atoms with Crippen LogP contribution in [0.3, 0.4) is 0 Å². The van der Waals surface area contributed by atoms with Crippen molar-refractivity contribution in [2.75, 3.05) is 0 Å². The van der Waals surface area contributed by atoms with Crippen molar-refractivity contribution in [1.29, 1.82) is 0 Å². The largest absolute Gasteiger partial charge is 0.175 e. The molecule has 0 amide bonds. The molecule has 0 spiro atoms. The van der Waals surface area contributed by atoms with E-state index in [0.717, 1.165) is 19.3 Å². The molecule has 0 unspecified atom stereocenters. The molecular weight excluding hydrogens is 128 g/mol. The van der Waals surface area contributed by atoms with Crippen LogP contribution in [0.25, 0.3) is 0 Å². The second-order valence-electron chi connectivity index (χ2n) is 2.30. The molecule has 1 rings (SSSR count). The first-order chi connectivity index (χ1) is 4.39. The van der Waals surface area contributed by atoms with Gasteiger partial charge < -0.3 is 0 Å². The second-order valence-corrected chi connectivity index (χ2v) is 3.03. The normalized spacial score (nSPS) is 27.4. The number of rotatable bonds is 0. The minimum Gasteiger partial charge on any atom is -0.175 e. The molecule has 0 radical (unpaired) electrons. The molecule has 0 aromatic rings. The molecule has 0 saturated carbocycles. The van der Waals surface area contributed by atoms with Crippen LogP contribution in [0.5, 0.6) is 0 Å². The van der Waals surface area contributed by atoms with E-state index in [9.17, 15) is 0 Å². The summed E-state index contributed by atoms with van der Waals surface area (Å²) in [5.74, 6) is 0. The molecular formula is C8H12S. The quantitative estimate of drug-likeness (QED) is 0.388. The molecule has 0 atom stereocenters. The van der Waals surface area contributed by atoms with E-state index in [-0.39, 0.29) is 0 Å². The Morgan fingerprint density at radius 1 is 1.00 bits per heavy atom. The van der Waals surface area contributed by atoms with Crippen molar-refractivity contribution in [2.24, 2.45) is 0 Å². The molecule has 0 fully saturated rings. The summed E-state index contributed by atoms with van der Waals surface area (Å²) in [4.78, 5) is 0. The zero-order valence-corrected chi connectivity index (χ0v) is 6.35. The summed E-state index contributed by atoms with van der Waals surface area (Å²) >= 11 is 4.38. The third kappa shape index (κ3) is 2.75. The Labute approximate surface area is 62.1 Å². The van der Waals surface area contributed by atoms with Crippen molar-refractivity contribution in [2.45, 2.75) is 24.5 Å². The third-order valence-electron chi connectivity index (χ3n) is 1.42. The molecule has 1 aliphatic rings. The van der Waals surface area contributed by atoms with E-state index in [2.05, 4.69) is 36.9 Å². The number of thiol groups is 1. The summed E-state index contributed by atoms with van der Waals surface area (Å²) in [5.41, 5.74) is 0. The number of hydrogen-bond acceptors (Lipinski definition) is 1. The maximum Gasteiger partial charge on any atom is 0.00857 e. The lowest BCUT2D eigenvalue weighted by Gasteiger charge is -2.04. The van der Waals surface area contributed by atoms with Crippen LogP contribution in [0.4, 0.5) is 0 Å². The highest BCUT2D eigenvalue weighted by molar-refractivity contribution is 7.80. The maximum atomic E-state index is 4.38. The van der Waals surface area contributed by atoms with Gasteiger partial charge in [-0.15, -0.1) is 0 Å². The van der Waals surface area contributed by atoms with Crippen LogP contribution in [0.15, 0.2) is 24.3 Å². The molecule has 0 bridgehead atoms. The van der Waals surface area contributed by atoms with Gasteiger partial charge in [0, 0.05) is 5.25 Å². The zero-order chi connectivity index (χ0) is 6.53. The Morgan fingerprint density at radius 2 is 1.56 bits per heavy atom. The van der Waals surface area contributed by atoms with Gasteiger partial charge in [0.05, 0.1) is 0 Å². The van der Waals surface area contributed by atoms with Gasteiger partial charge in [0.15, 0.2) is 0 Å². The lowest BCUT2D eigenvalue weighted by molar-refractivity contribution is 0.885. The van der Waals surface area contributed by atoms with E-state index in [1.807, 2.05) is 0 Å². The van der Waals surface area contributed by atoms with E-state index in [1.165, 1.54) is 0 Å². The minimum absolute atomic E-state index is 0.540. The van der Waals surface area contributed by atoms with Crippen molar-refractivity contribution in [3.63, 3.8) is 0 Å². The fraction of sp³-hybridized carbons (Fsp3) is 0.500. The van der Waals surface area contributed by atoms with Crippen LogP contribution >= 0.6 is 12.6 Å². The predicted molar refractivity (Wildman–Crippen MR) is 44.9 cm³/mol. The van der Waals surface area contributed by atoms with Crippen LogP contribution in [0.2, 0.25) is 0 Å². The summed E-state index contributed by atoms with van der Waals surface area (Å²) < 4.78 is 0. The van der Waals surface area contributed by atoms with Crippen molar-refractivity contribution in [1.82, 2.24) is 0 Å². The van der Waals surface area contributed by atoms with Gasteiger partial charge in [-0.3, -0.25) is 0 Å². The first kappa shape index (κ1) is 6.94. The summed E-state index contributed by atoms with van der Waals surface area (Å²) in [6.45, 7) is 0. The summed E-state index contributed by atoms with van der Waals surface area (Å²) in [6, 6.07) is 0. The predicted octanol–water partition coefficient (Wildman–Crippen LogP) is 2.58. The molecule has 1 aliphatic carbocycles. The van der Waals surface area contributed by atoms with Gasteiger partial charge in [-0.1, -0.05) is 24.3 Å². The second kappa shape index (κ2) is 3.78. The highest BCUT2D eigenvalue weighted by atomic mass is 32.1. The number of allylic oxidation sites excluding steroid dienone is 4. The van der Waals surface area contributed by atoms with Crippen LogP contribution < -0.4 is 0 Å². The molecule has 50 valence electrons. The van der Waals surface area contributed by atoms with Gasteiger partial charge in [0.25, 0.3) is 0 Å². The summed E-state index contributed by atoms with van der Waals surface area (Å²) in [6.07, 6.45) is 12.1. The monoisotopic (exact) mass is 140 g/mol. The third-order valence-corrected chi connectivity index (χ3v) is 1.84. The topological polar surface area (TPSA) is 0 Å². The van der Waals surface area contributed by atoms with Gasteiger partial charge in [-0.2, -0.15) is 12.6 Å². The first-order valence-electron chi connectivity index (χ1n) is 3.37. The van der Waals surface area contributed by atoms with Crippen molar-refractivity contribution in [3.8, 4) is 0 Å². The highest BCUT2D eigenvalue weighted by Gasteiger charge is 1.97. The van der Waals surface area contributed by atoms with Gasteiger partial charge in [0.1, 0.15) is 0 Å². The Balaban J connectivity index is 2.40. The Morgan fingerprint density at radius 3 is 2.11 bits per heavy atom. The SMILES string of the molecule is SC1CC=CCC=CC1. The lowest BCUT2D eigenvalue weighted by atomic mass is 10.1. The Hall–Kier alpha value is -0.170. The van der Waals surface area contributed by atoms with E-state index in [0.29, 0.717) is 5.25 Å². The average Bonchev–Trinajstić information content (AvgIpc) is 1.79. The van der Waals surface area contributed by atoms with E-state index in [4.69, 9.17) is 0 Å². The van der Waals surface area contributed by atoms with E-state index >= 15 is 0 Å². The van der Waals surface area contributed by atoms with Crippen LogP contribution in [-0.4, -0.2) is 5.25 Å². The van der Waals surface area contributed by atoms with Gasteiger partial charge in [-0.05, 0) is 19.3 Å². The summed E-state index contributed by atoms with van der Waals surface area (Å²) in [7, 11) is 0. The number of hydrogen-bond donors (Lipinski definition) is 1. The van der Waals surface area contributed by atoms with Gasteiger partial charge in [-0.25, -0.2) is 0 Å². The average molecular weight is 140 g/mol. The van der Waals surface area contributed by atoms with Gasteiger partial charge in [0.2, 0.25) is 0 Å². The van der Waals surface area contributed by atoms with Crippen LogP contribution in [0.1, 0.15) is 19.3 Å². The fourth-order valence-electron chi connectivity index (χ4n) is 0.874. The summed E-state index contributed by atoms with van der Waals surface area (Å²) in [5, 5.41) is 0.540. The standard InChI is InChI=1S/C8H12S/c9-8-6-4-2-1-3-5-7-8/h2-5,8-9H,1,6-7H2. The van der Waals surface area contributed by atoms with Crippen LogP contribution in [-0.2, 0) is 0 Å². The molecule has 0 N–H and O–H groups in total. The van der Waals surface area contributed by atoms with E-state index in [1.54, 1.807) is 0 Å². The molecule has 9 heavy (non-hydrogen) atoms. The highest BCUT2D eigenvalue weighted by Crippen LogP contribution is 2.10. The van der Waals surface area contributed by atoms with Crippen molar-refractivity contribution in [3.05, 3.63) is 24.3 Å². The first-order valence-corrected chi connectivity index (χ1v) is 3.89. The molecule has 0 nitrogen and oxygen atoms in total. The lowest BCUT2D eigenvalue weighted by Crippen LogP contribution is -1.94. The fourth-order valence-corrected chi connectivity index (χ4v) is 1.12. The zero-order valence-electron chi connectivity index (χ0n) is 5.46. The van der Waals surface area contributed by atoms with Crippen molar-refractivity contribution >= 4 is 12.6 Å². The van der Waals surface area contributed by atoms with Crippen LogP contribution in [0, 0.1) is 0 Å². The molecule has 0 heterocycles. The van der Waals surface area contributed by atoms with E-state index < -0.39 is 0 Å². The molecule has 0 saturated heterocycles. The molecule has 0 aliphatic heterocycles. The van der Waals surface area contributed by atoms with Gasteiger partial charge >= 0.3 is 0 Å². The van der Waals surface area contributed by atoms with Crippen molar-refractivity contribution < 1.29 is 0 Å². The Kier molecular flexibility index (Phi) is 2.92. The Bertz CT molecular complexity index is 111. The maximum absolute atomic E-state index is 4.38.